The van der Waals surface area contributed by atoms with Crippen LogP contribution in [0.4, 0.5) is 5.69 Å². The summed E-state index contributed by atoms with van der Waals surface area (Å²) in [5.74, 6) is 0.0361. The van der Waals surface area contributed by atoms with Crippen molar-refractivity contribution in [3.8, 4) is 11.5 Å². The third-order valence-corrected chi connectivity index (χ3v) is 5.05. The molecule has 0 fully saturated rings. The number of aryl methyl sites for hydroxylation is 1. The molecule has 1 aromatic carbocycles. The van der Waals surface area contributed by atoms with Gasteiger partial charge < -0.3 is 9.84 Å². The Morgan fingerprint density at radius 1 is 1.42 bits per heavy atom. The summed E-state index contributed by atoms with van der Waals surface area (Å²) in [6.45, 7) is 1.71. The van der Waals surface area contributed by atoms with Gasteiger partial charge in [-0.2, -0.15) is 0 Å². The lowest BCUT2D eigenvalue weighted by molar-refractivity contribution is 0.411. The number of para-hydroxylation sites is 1. The Morgan fingerprint density at radius 2 is 2.16 bits per heavy atom. The third-order valence-electron chi connectivity index (χ3n) is 2.33. The summed E-state index contributed by atoms with van der Waals surface area (Å²) in [5.41, 5.74) is 0.0102. The summed E-state index contributed by atoms with van der Waals surface area (Å²) < 4.78 is 31.7. The summed E-state index contributed by atoms with van der Waals surface area (Å²) in [4.78, 5) is 3.90. The highest BCUT2D eigenvalue weighted by molar-refractivity contribution is 7.94. The van der Waals surface area contributed by atoms with Crippen molar-refractivity contribution in [1.82, 2.24) is 4.98 Å². The van der Waals surface area contributed by atoms with Crippen molar-refractivity contribution in [2.24, 2.45) is 0 Å². The number of benzene rings is 1. The summed E-state index contributed by atoms with van der Waals surface area (Å²) >= 11 is 1.05. The quantitative estimate of drug-likeness (QED) is 0.843. The predicted octanol–water partition coefficient (Wildman–Crippen LogP) is 1.97. The Balaban J connectivity index is 2.41. The standard InChI is InChI=1S/C11H12N2O4S2/c1-7-12-6-10(18-7)19(15,16)13-11-8(14)4-3-5-9(11)17-2/h3-6,13-14H,1-2H3. The van der Waals surface area contributed by atoms with Crippen LogP contribution in [0.15, 0.2) is 28.6 Å². The number of sulfonamides is 1. The first-order chi connectivity index (χ1) is 8.94. The van der Waals surface area contributed by atoms with Crippen molar-refractivity contribution in [3.05, 3.63) is 29.4 Å². The number of anilines is 1. The van der Waals surface area contributed by atoms with Crippen molar-refractivity contribution in [3.63, 3.8) is 0 Å². The zero-order valence-corrected chi connectivity index (χ0v) is 11.9. The second-order valence-corrected chi connectivity index (χ2v) is 6.80. The zero-order valence-electron chi connectivity index (χ0n) is 10.2. The first kappa shape index (κ1) is 13.6. The molecule has 0 aliphatic carbocycles. The van der Waals surface area contributed by atoms with Gasteiger partial charge >= 0.3 is 0 Å². The Kier molecular flexibility index (Phi) is 3.63. The Labute approximate surface area is 114 Å². The number of nitrogens with zero attached hydrogens (tertiary/aromatic N) is 1. The molecule has 0 spiro atoms. The average Bonchev–Trinajstić information content (AvgIpc) is 2.79. The molecule has 2 rings (SSSR count). The van der Waals surface area contributed by atoms with Crippen LogP contribution in [0.1, 0.15) is 5.01 Å². The number of hydrogen-bond acceptors (Lipinski definition) is 6. The van der Waals surface area contributed by atoms with E-state index in [1.54, 1.807) is 19.1 Å². The van der Waals surface area contributed by atoms with E-state index in [-0.39, 0.29) is 21.4 Å². The molecule has 0 aliphatic heterocycles. The maximum absolute atomic E-state index is 12.1. The van der Waals surface area contributed by atoms with E-state index in [9.17, 15) is 13.5 Å². The minimum Gasteiger partial charge on any atom is -0.506 e. The molecule has 0 amide bonds. The van der Waals surface area contributed by atoms with E-state index in [0.29, 0.717) is 5.01 Å². The molecule has 1 heterocycles. The van der Waals surface area contributed by atoms with Crippen LogP contribution in [-0.2, 0) is 10.0 Å². The maximum atomic E-state index is 12.1. The summed E-state index contributed by atoms with van der Waals surface area (Å²) in [5, 5.41) is 10.4. The molecule has 0 bridgehead atoms. The first-order valence-corrected chi connectivity index (χ1v) is 7.55. The summed E-state index contributed by atoms with van der Waals surface area (Å²) in [6, 6.07) is 4.48. The van der Waals surface area contributed by atoms with E-state index in [0.717, 1.165) is 11.3 Å². The SMILES string of the molecule is COc1cccc(O)c1NS(=O)(=O)c1cnc(C)s1. The van der Waals surface area contributed by atoms with E-state index in [2.05, 4.69) is 9.71 Å². The molecular weight excluding hydrogens is 288 g/mol. The fraction of sp³-hybridized carbons (Fsp3) is 0.182. The number of ether oxygens (including phenoxy) is 1. The topological polar surface area (TPSA) is 88.5 Å². The van der Waals surface area contributed by atoms with E-state index >= 15 is 0 Å². The summed E-state index contributed by atoms with van der Waals surface area (Å²) in [6.07, 6.45) is 1.27. The van der Waals surface area contributed by atoms with Crippen molar-refractivity contribution in [1.29, 1.82) is 0 Å². The molecule has 0 aliphatic rings. The van der Waals surface area contributed by atoms with Gasteiger partial charge in [-0.1, -0.05) is 6.07 Å². The molecule has 1 aromatic heterocycles. The van der Waals surface area contributed by atoms with E-state index in [1.165, 1.54) is 19.4 Å². The molecule has 0 atom stereocenters. The zero-order chi connectivity index (χ0) is 14.0. The molecule has 6 nitrogen and oxygen atoms in total. The van der Waals surface area contributed by atoms with Gasteiger partial charge in [-0.3, -0.25) is 4.72 Å². The van der Waals surface area contributed by atoms with Crippen LogP contribution in [0.5, 0.6) is 11.5 Å². The van der Waals surface area contributed by atoms with Crippen LogP contribution < -0.4 is 9.46 Å². The average molecular weight is 300 g/mol. The van der Waals surface area contributed by atoms with E-state index in [1.807, 2.05) is 0 Å². The Morgan fingerprint density at radius 3 is 2.74 bits per heavy atom. The van der Waals surface area contributed by atoms with Crippen LogP contribution in [0, 0.1) is 6.92 Å². The van der Waals surface area contributed by atoms with E-state index < -0.39 is 10.0 Å². The van der Waals surface area contributed by atoms with Gasteiger partial charge in [0.15, 0.2) is 4.21 Å². The number of phenols is 1. The normalized spacial score (nSPS) is 11.3. The predicted molar refractivity (Wildman–Crippen MR) is 72.3 cm³/mol. The number of methoxy groups -OCH3 is 1. The lowest BCUT2D eigenvalue weighted by Crippen LogP contribution is -2.12. The lowest BCUT2D eigenvalue weighted by atomic mass is 10.3. The number of nitrogens with one attached hydrogen (secondary N) is 1. The van der Waals surface area contributed by atoms with Crippen LogP contribution in [0.2, 0.25) is 0 Å². The van der Waals surface area contributed by atoms with Gasteiger partial charge in [0.1, 0.15) is 17.2 Å². The Hall–Kier alpha value is -1.80. The molecule has 8 heteroatoms. The number of aromatic hydroxyl groups is 1. The number of rotatable bonds is 4. The van der Waals surface area contributed by atoms with Crippen LogP contribution >= 0.6 is 11.3 Å². The van der Waals surface area contributed by atoms with Crippen molar-refractivity contribution in [2.75, 3.05) is 11.8 Å². The van der Waals surface area contributed by atoms with Gasteiger partial charge in [-0.15, -0.1) is 11.3 Å². The molecule has 0 unspecified atom stereocenters. The van der Waals surface area contributed by atoms with Gasteiger partial charge in [0.05, 0.1) is 18.3 Å². The fourth-order valence-corrected chi connectivity index (χ4v) is 3.64. The maximum Gasteiger partial charge on any atom is 0.273 e. The second-order valence-electron chi connectivity index (χ2n) is 3.66. The van der Waals surface area contributed by atoms with Crippen molar-refractivity contribution in [2.45, 2.75) is 11.1 Å². The molecule has 19 heavy (non-hydrogen) atoms. The fourth-order valence-electron chi connectivity index (χ4n) is 1.44. The van der Waals surface area contributed by atoms with Gasteiger partial charge in [0, 0.05) is 0 Å². The van der Waals surface area contributed by atoms with Crippen LogP contribution in [-0.4, -0.2) is 25.6 Å². The molecule has 102 valence electrons. The van der Waals surface area contributed by atoms with Crippen molar-refractivity contribution < 1.29 is 18.3 Å². The van der Waals surface area contributed by atoms with Gasteiger partial charge in [0.2, 0.25) is 0 Å². The summed E-state index contributed by atoms with van der Waals surface area (Å²) in [7, 11) is -2.39. The van der Waals surface area contributed by atoms with Gasteiger partial charge in [-0.05, 0) is 19.1 Å². The highest BCUT2D eigenvalue weighted by Gasteiger charge is 2.21. The van der Waals surface area contributed by atoms with Crippen LogP contribution in [0.3, 0.4) is 0 Å². The van der Waals surface area contributed by atoms with Gasteiger partial charge in [0.25, 0.3) is 10.0 Å². The number of thiazole rings is 1. The smallest absolute Gasteiger partial charge is 0.273 e. The molecule has 2 N–H and O–H groups in total. The lowest BCUT2D eigenvalue weighted by Gasteiger charge is -2.11. The third kappa shape index (κ3) is 2.79. The highest BCUT2D eigenvalue weighted by Crippen LogP contribution is 2.35. The molecule has 0 saturated heterocycles. The minimum atomic E-state index is -3.78. The monoisotopic (exact) mass is 300 g/mol. The second kappa shape index (κ2) is 5.06. The molecule has 2 aromatic rings. The first-order valence-electron chi connectivity index (χ1n) is 5.25. The number of aromatic nitrogens is 1. The number of phenolic OH excluding ortho intramolecular Hbond substituents is 1. The van der Waals surface area contributed by atoms with E-state index in [4.69, 9.17) is 4.74 Å². The van der Waals surface area contributed by atoms with Gasteiger partial charge in [-0.25, -0.2) is 13.4 Å². The molecule has 0 saturated carbocycles. The van der Waals surface area contributed by atoms with Crippen molar-refractivity contribution >= 4 is 27.0 Å². The Bertz CT molecular complexity index is 694. The number of hydrogen-bond donors (Lipinski definition) is 2. The largest absolute Gasteiger partial charge is 0.506 e. The van der Waals surface area contributed by atoms with Crippen LogP contribution in [0.25, 0.3) is 0 Å². The minimum absolute atomic E-state index is 0.0102. The molecule has 0 radical (unpaired) electrons. The highest BCUT2D eigenvalue weighted by atomic mass is 32.2. The molecular formula is C11H12N2O4S2.